The molecular formula is C63H94N7O21S4+. The molecule has 0 radical (unpaired) electrons. The van der Waals surface area contributed by atoms with Crippen LogP contribution in [-0.2, 0) is 94.3 Å². The molecule has 5 amide bonds. The molecular weight excluding hydrogens is 1320 g/mol. The second-order valence-corrected chi connectivity index (χ2v) is 30.4. The third kappa shape index (κ3) is 27.0. The SMILES string of the molecule is CCOC(=O)CCCCC[N+]1=C(C)C(C)(CCCCCC(=O)NC(CS(=O)(=O)O)C(=O)NC(CS(=O)(=O)O)C(=O)NC(CS(=O)(=O)O)C(=O)NCCCCCNC(=O)CCCCCC2(C)C(C)=[N+](CCCCCOC=C=C=O)c3ccc(S(=O)(=O)[O-])cc32)c2cc(C)ccc21. The molecule has 5 unspecified atom stereocenters. The first-order valence-electron chi connectivity index (χ1n) is 32.0. The normalized spacial score (nSPS) is 17.1. The average Bonchev–Trinajstić information content (AvgIpc) is 1.60. The van der Waals surface area contributed by atoms with Crippen molar-refractivity contribution < 1.29 is 104 Å². The standard InChI is InChI=1S/C63H93N7O21S4/c1-7-91-58(74)26-15-10-20-35-69-46(3)62(5,49-40-45(2)27-29-54(49)69)31-17-9-14-25-57(73)66-52(43-93(81,82)83)60(76)68-53(44-94(84,85)86)61(77)67-51(42-92(78,79)80)59(75)65-34-19-11-18-33-64-56(72)24-13-8-16-32-63(6)47(4)70(36-21-12-22-38-90-39-23-37-71)55-30-28-48(41-50(55)63)95(87,88)89/h27-30,39-41,51-53H,7-22,24-26,31-36,38,42-44H2,1-6H3,(H7-2,64,65,66,67,68,72,73,75,76,77,78,79,80,81,82,83,84,85,86,87,88,89)/p+1. The highest BCUT2D eigenvalue weighted by atomic mass is 32.2. The molecule has 95 heavy (non-hydrogen) atoms. The number of aryl methyl sites for hydroxylation is 1. The molecule has 28 nitrogen and oxygen atoms in total. The van der Waals surface area contributed by atoms with Gasteiger partial charge in [0.05, 0.1) is 28.9 Å². The molecule has 0 saturated carbocycles. The zero-order valence-electron chi connectivity index (χ0n) is 55.0. The molecule has 32 heteroatoms. The molecule has 0 aliphatic carbocycles. The van der Waals surface area contributed by atoms with E-state index in [-0.39, 0.29) is 61.0 Å². The zero-order valence-corrected chi connectivity index (χ0v) is 58.3. The van der Waals surface area contributed by atoms with Gasteiger partial charge >= 0.3 is 5.97 Å². The van der Waals surface area contributed by atoms with Crippen molar-refractivity contribution in [3.8, 4) is 0 Å². The number of carbonyl (C=O) groups is 6. The lowest BCUT2D eigenvalue weighted by Gasteiger charge is -2.24. The zero-order chi connectivity index (χ0) is 70.8. The van der Waals surface area contributed by atoms with Crippen molar-refractivity contribution in [1.29, 1.82) is 0 Å². The van der Waals surface area contributed by atoms with E-state index in [0.29, 0.717) is 90.4 Å². The first kappa shape index (κ1) is 80.7. The smallest absolute Gasteiger partial charge is 0.305 e. The van der Waals surface area contributed by atoms with E-state index < -0.39 is 105 Å². The predicted octanol–water partition coefficient (Wildman–Crippen LogP) is 4.58. The van der Waals surface area contributed by atoms with Gasteiger partial charge < -0.3 is 40.6 Å². The van der Waals surface area contributed by atoms with Crippen LogP contribution in [0.15, 0.2) is 53.3 Å². The fraction of sp³-hybridized carbons (Fsp3) is 0.635. The first-order chi connectivity index (χ1) is 44.5. The lowest BCUT2D eigenvalue weighted by molar-refractivity contribution is -0.440. The topological polar surface area (TPSA) is 424 Å². The first-order valence-corrected chi connectivity index (χ1v) is 38.2. The molecule has 2 aliphatic heterocycles. The van der Waals surface area contributed by atoms with Crippen molar-refractivity contribution in [2.45, 2.75) is 204 Å². The maximum atomic E-state index is 13.6. The highest BCUT2D eigenvalue weighted by molar-refractivity contribution is 7.86. The lowest BCUT2D eigenvalue weighted by atomic mass is 9.75. The number of benzene rings is 2. The minimum Gasteiger partial charge on any atom is -0.744 e. The van der Waals surface area contributed by atoms with Gasteiger partial charge in [0.15, 0.2) is 17.4 Å². The highest BCUT2D eigenvalue weighted by Gasteiger charge is 2.47. The number of hydrogen-bond acceptors (Lipinski definition) is 18. The third-order valence-electron chi connectivity index (χ3n) is 17.2. The second-order valence-electron chi connectivity index (χ2n) is 24.5. The van der Waals surface area contributed by atoms with Crippen LogP contribution in [0.5, 0.6) is 0 Å². The van der Waals surface area contributed by atoms with Crippen LogP contribution in [0.25, 0.3) is 0 Å². The number of rotatable bonds is 45. The Morgan fingerprint density at radius 3 is 1.54 bits per heavy atom. The summed E-state index contributed by atoms with van der Waals surface area (Å²) in [7, 11) is -20.0. The molecule has 0 bridgehead atoms. The summed E-state index contributed by atoms with van der Waals surface area (Å²) in [5.41, 5.74) is 8.24. The maximum Gasteiger partial charge on any atom is 0.305 e. The summed E-state index contributed by atoms with van der Waals surface area (Å²) < 4.78 is 152. The lowest BCUT2D eigenvalue weighted by Crippen LogP contribution is -2.60. The van der Waals surface area contributed by atoms with E-state index in [4.69, 9.17) is 9.47 Å². The van der Waals surface area contributed by atoms with Crippen LogP contribution in [0.4, 0.5) is 11.4 Å². The van der Waals surface area contributed by atoms with Gasteiger partial charge in [0, 0.05) is 88.0 Å². The van der Waals surface area contributed by atoms with Crippen LogP contribution in [0.2, 0.25) is 0 Å². The van der Waals surface area contributed by atoms with E-state index in [1.165, 1.54) is 18.1 Å². The summed E-state index contributed by atoms with van der Waals surface area (Å²) in [6.07, 6.45) is 11.9. The van der Waals surface area contributed by atoms with Crippen LogP contribution in [0, 0.1) is 6.92 Å². The number of carbonyl (C=O) groups excluding carboxylic acids is 7. The summed E-state index contributed by atoms with van der Waals surface area (Å²) in [5.74, 6) is -8.64. The van der Waals surface area contributed by atoms with Crippen molar-refractivity contribution in [1.82, 2.24) is 26.6 Å². The number of nitrogens with zero attached hydrogens (tertiary/aromatic N) is 2. The van der Waals surface area contributed by atoms with Gasteiger partial charge in [0.25, 0.3) is 30.4 Å². The van der Waals surface area contributed by atoms with Crippen LogP contribution < -0.4 is 26.6 Å². The van der Waals surface area contributed by atoms with Crippen LogP contribution in [0.1, 0.15) is 180 Å². The van der Waals surface area contributed by atoms with E-state index in [1.54, 1.807) is 13.0 Å². The Hall–Kier alpha value is -6.73. The van der Waals surface area contributed by atoms with Gasteiger partial charge in [-0.2, -0.15) is 34.4 Å². The van der Waals surface area contributed by atoms with Crippen LogP contribution >= 0.6 is 0 Å². The summed E-state index contributed by atoms with van der Waals surface area (Å²) in [5, 5.41) is 11.2. The minimum absolute atomic E-state index is 0.123. The minimum atomic E-state index is -5.20. The van der Waals surface area contributed by atoms with E-state index in [2.05, 4.69) is 56.8 Å². The molecule has 5 atom stereocenters. The molecule has 0 aromatic heterocycles. The molecule has 530 valence electrons. The molecule has 8 N–H and O–H groups in total. The highest BCUT2D eigenvalue weighted by Crippen LogP contribution is 2.45. The Bertz CT molecular complexity index is 3680. The number of amides is 5. The van der Waals surface area contributed by atoms with Gasteiger partial charge in [-0.15, -0.1) is 0 Å². The number of unbranched alkanes of at least 4 members (excludes halogenated alkanes) is 10. The van der Waals surface area contributed by atoms with Crippen LogP contribution in [-0.4, -0.2) is 189 Å². The summed E-state index contributed by atoms with van der Waals surface area (Å²) in [4.78, 5) is 88.2. The summed E-state index contributed by atoms with van der Waals surface area (Å²) in [6.45, 7) is 14.2. The van der Waals surface area contributed by atoms with Gasteiger partial charge in [-0.1, -0.05) is 37.3 Å². The molecule has 0 fully saturated rings. The van der Waals surface area contributed by atoms with Gasteiger partial charge in [-0.05, 0) is 117 Å². The Kier molecular flexibility index (Phi) is 32.0. The average molecular weight is 1410 g/mol. The molecule has 2 aromatic rings. The maximum absolute atomic E-state index is 13.6. The van der Waals surface area contributed by atoms with Crippen molar-refractivity contribution in [2.24, 2.45) is 0 Å². The van der Waals surface area contributed by atoms with Gasteiger partial charge in [0.1, 0.15) is 64.9 Å². The predicted molar refractivity (Wildman–Crippen MR) is 351 cm³/mol. The van der Waals surface area contributed by atoms with Crippen molar-refractivity contribution in [2.75, 3.05) is 56.7 Å². The van der Waals surface area contributed by atoms with Crippen molar-refractivity contribution in [3.05, 3.63) is 65.1 Å². The largest absolute Gasteiger partial charge is 0.744 e. The van der Waals surface area contributed by atoms with Gasteiger partial charge in [-0.25, -0.2) is 13.2 Å². The quantitative estimate of drug-likeness (QED) is 0.00855. The monoisotopic (exact) mass is 1410 g/mol. The fourth-order valence-corrected chi connectivity index (χ4v) is 14.4. The number of esters is 1. The van der Waals surface area contributed by atoms with Crippen molar-refractivity contribution in [3.63, 3.8) is 0 Å². The van der Waals surface area contributed by atoms with E-state index in [1.807, 2.05) is 37.5 Å². The Morgan fingerprint density at radius 2 is 1.02 bits per heavy atom. The molecule has 0 spiro atoms. The number of hydrogen-bond donors (Lipinski definition) is 8. The fourth-order valence-electron chi connectivity index (χ4n) is 11.9. The van der Waals surface area contributed by atoms with Crippen molar-refractivity contribution >= 4 is 105 Å². The van der Waals surface area contributed by atoms with E-state index >= 15 is 0 Å². The molecule has 4 rings (SSSR count). The molecule has 2 heterocycles. The number of nitrogens with one attached hydrogen (secondary N) is 5. The van der Waals surface area contributed by atoms with Crippen LogP contribution in [0.3, 0.4) is 0 Å². The second kappa shape index (κ2) is 37.7. The van der Waals surface area contributed by atoms with Gasteiger partial charge in [-0.3, -0.25) is 42.4 Å². The van der Waals surface area contributed by atoms with E-state index in [9.17, 15) is 85.4 Å². The molecule has 2 aliphatic rings. The molecule has 0 saturated heterocycles. The van der Waals surface area contributed by atoms with E-state index in [0.717, 1.165) is 84.4 Å². The van der Waals surface area contributed by atoms with Gasteiger partial charge in [0.2, 0.25) is 40.9 Å². The number of fused-ring (bicyclic) bond motifs is 2. The Balaban J connectivity index is 1.25. The summed E-state index contributed by atoms with van der Waals surface area (Å²) >= 11 is 0. The molecule has 2 aromatic carbocycles. The third-order valence-corrected chi connectivity index (χ3v) is 20.3. The Labute approximate surface area is 558 Å². The Morgan fingerprint density at radius 1 is 0.568 bits per heavy atom. The number of ether oxygens (including phenoxy) is 2. The summed E-state index contributed by atoms with van der Waals surface area (Å²) in [6, 6.07) is 4.06.